The van der Waals surface area contributed by atoms with Crippen molar-refractivity contribution in [1.82, 2.24) is 4.98 Å². The zero-order valence-corrected chi connectivity index (χ0v) is 17.0. The third-order valence-electron chi connectivity index (χ3n) is 4.36. The molecule has 2 atom stereocenters. The number of sulfonamides is 1. The molecule has 2 heterocycles. The van der Waals surface area contributed by atoms with Crippen LogP contribution >= 0.6 is 11.3 Å². The van der Waals surface area contributed by atoms with E-state index in [1.807, 2.05) is 31.2 Å². The van der Waals surface area contributed by atoms with Gasteiger partial charge in [-0.15, -0.1) is 11.3 Å². The summed E-state index contributed by atoms with van der Waals surface area (Å²) in [5, 5.41) is 17.2. The maximum Gasteiger partial charge on any atom is 0.247 e. The molecule has 0 radical (unpaired) electrons. The number of hydrogen-bond donors (Lipinski definition) is 2. The Balaban J connectivity index is 1.58. The number of nitrogens with zero attached hydrogens (tertiary/aromatic N) is 1. The molecule has 3 aromatic rings. The number of thiophene rings is 1. The molecule has 0 unspecified atom stereocenters. The molecule has 0 fully saturated rings. The maximum absolute atomic E-state index is 11.4. The first-order chi connectivity index (χ1) is 13.3. The number of pyridine rings is 1. The summed E-state index contributed by atoms with van der Waals surface area (Å²) in [4.78, 5) is 4.07. The van der Waals surface area contributed by atoms with Gasteiger partial charge in [-0.2, -0.15) is 0 Å². The molecule has 0 amide bonds. The fourth-order valence-electron chi connectivity index (χ4n) is 2.73. The van der Waals surface area contributed by atoms with Crippen LogP contribution in [0.15, 0.2) is 64.4 Å². The molecule has 148 valence electrons. The summed E-state index contributed by atoms with van der Waals surface area (Å²) >= 11 is 1.09. The molecule has 8 heteroatoms. The molecule has 3 N–H and O–H groups in total. The molecule has 0 spiro atoms. The molecular weight excluding hydrogens is 396 g/mol. The van der Waals surface area contributed by atoms with Crippen LogP contribution < -0.4 is 9.88 Å². The number of aryl methyl sites for hydroxylation is 1. The largest absolute Gasteiger partial charge is 0.488 e. The molecule has 2 aromatic heterocycles. The van der Waals surface area contributed by atoms with Gasteiger partial charge in [0, 0.05) is 12.4 Å². The summed E-state index contributed by atoms with van der Waals surface area (Å²) in [6.07, 6.45) is 3.86. The van der Waals surface area contributed by atoms with Crippen molar-refractivity contribution in [2.45, 2.75) is 36.2 Å². The maximum atomic E-state index is 11.4. The second-order valence-electron chi connectivity index (χ2n) is 6.51. The summed E-state index contributed by atoms with van der Waals surface area (Å²) < 4.78 is 28.8. The molecular formula is C20H22N2O4S2. The number of benzene rings is 1. The Labute approximate surface area is 168 Å². The van der Waals surface area contributed by atoms with Crippen LogP contribution in [0.5, 0.6) is 5.75 Å². The minimum absolute atomic E-state index is 0.133. The van der Waals surface area contributed by atoms with E-state index in [-0.39, 0.29) is 10.3 Å². The minimum atomic E-state index is -3.69. The van der Waals surface area contributed by atoms with Gasteiger partial charge in [-0.1, -0.05) is 18.2 Å². The second-order valence-corrected chi connectivity index (χ2v) is 9.21. The Bertz CT molecular complexity index is 1000. The zero-order chi connectivity index (χ0) is 20.1. The Morgan fingerprint density at radius 3 is 2.57 bits per heavy atom. The number of rotatable bonds is 8. The monoisotopic (exact) mass is 418 g/mol. The van der Waals surface area contributed by atoms with Crippen molar-refractivity contribution in [2.24, 2.45) is 5.14 Å². The first-order valence-electron chi connectivity index (χ1n) is 8.78. The van der Waals surface area contributed by atoms with E-state index in [1.54, 1.807) is 36.0 Å². The molecule has 0 aliphatic rings. The molecule has 28 heavy (non-hydrogen) atoms. The van der Waals surface area contributed by atoms with Crippen LogP contribution in [-0.4, -0.2) is 30.7 Å². The van der Waals surface area contributed by atoms with Gasteiger partial charge in [-0.05, 0) is 66.1 Å². The van der Waals surface area contributed by atoms with Crippen molar-refractivity contribution in [3.63, 3.8) is 0 Å². The van der Waals surface area contributed by atoms with Gasteiger partial charge < -0.3 is 9.84 Å². The Kier molecular flexibility index (Phi) is 6.46. The molecule has 0 saturated carbocycles. The topological polar surface area (TPSA) is 103 Å². The number of ether oxygens (including phenoxy) is 1. The van der Waals surface area contributed by atoms with Crippen LogP contribution in [0.25, 0.3) is 11.1 Å². The lowest BCUT2D eigenvalue weighted by Crippen LogP contribution is -2.29. The highest BCUT2D eigenvalue weighted by atomic mass is 32.2. The van der Waals surface area contributed by atoms with Gasteiger partial charge >= 0.3 is 0 Å². The van der Waals surface area contributed by atoms with Gasteiger partial charge in [0.1, 0.15) is 16.1 Å². The summed E-state index contributed by atoms with van der Waals surface area (Å²) in [5.41, 5.74) is 2.72. The van der Waals surface area contributed by atoms with E-state index in [1.165, 1.54) is 0 Å². The van der Waals surface area contributed by atoms with Crippen LogP contribution in [0.4, 0.5) is 0 Å². The van der Waals surface area contributed by atoms with Gasteiger partial charge in [0.25, 0.3) is 0 Å². The van der Waals surface area contributed by atoms with Crippen molar-refractivity contribution in [3.05, 3.63) is 65.8 Å². The SMILES string of the molecule is C[C@H](Oc1ccc(-c2csc(S(N)(=O)=O)c2)cc1)[C@H](O)CCc1cccnc1. The molecule has 6 nitrogen and oxygen atoms in total. The van der Waals surface area contributed by atoms with E-state index in [2.05, 4.69) is 4.98 Å². The Morgan fingerprint density at radius 1 is 1.21 bits per heavy atom. The lowest BCUT2D eigenvalue weighted by atomic mass is 10.1. The normalized spacial score (nSPS) is 13.8. The molecule has 1 aromatic carbocycles. The van der Waals surface area contributed by atoms with Crippen LogP contribution in [-0.2, 0) is 16.4 Å². The summed E-state index contributed by atoms with van der Waals surface area (Å²) in [5.74, 6) is 0.638. The average Bonchev–Trinajstić information content (AvgIpc) is 3.18. The van der Waals surface area contributed by atoms with Crippen molar-refractivity contribution in [1.29, 1.82) is 0 Å². The third-order valence-corrected chi connectivity index (χ3v) is 6.75. The van der Waals surface area contributed by atoms with Gasteiger partial charge in [0.2, 0.25) is 10.0 Å². The molecule has 0 bridgehead atoms. The fourth-order valence-corrected chi connectivity index (χ4v) is 4.35. The van der Waals surface area contributed by atoms with E-state index in [4.69, 9.17) is 9.88 Å². The molecule has 3 rings (SSSR count). The van der Waals surface area contributed by atoms with E-state index in [0.29, 0.717) is 12.2 Å². The number of aliphatic hydroxyl groups excluding tert-OH is 1. The lowest BCUT2D eigenvalue weighted by Gasteiger charge is -2.20. The van der Waals surface area contributed by atoms with E-state index in [0.717, 1.165) is 34.4 Å². The number of aromatic nitrogens is 1. The van der Waals surface area contributed by atoms with Crippen LogP contribution in [0.1, 0.15) is 18.9 Å². The first kappa shape index (κ1) is 20.5. The fraction of sp³-hybridized carbons (Fsp3) is 0.250. The average molecular weight is 419 g/mol. The second kappa shape index (κ2) is 8.83. The number of hydrogen-bond acceptors (Lipinski definition) is 6. The minimum Gasteiger partial charge on any atom is -0.488 e. The summed E-state index contributed by atoms with van der Waals surface area (Å²) in [6.45, 7) is 1.83. The zero-order valence-electron chi connectivity index (χ0n) is 15.4. The standard InChI is InChI=1S/C20H22N2O4S2/c1-14(19(23)9-4-15-3-2-10-22-12-15)26-18-7-5-16(6-8-18)17-11-20(27-13-17)28(21,24)25/h2-3,5-8,10-14,19,23H,4,9H2,1H3,(H2,21,24,25)/t14-,19+/m0/s1. The molecule has 0 saturated heterocycles. The van der Waals surface area contributed by atoms with Crippen molar-refractivity contribution < 1.29 is 18.3 Å². The van der Waals surface area contributed by atoms with Gasteiger partial charge in [-0.25, -0.2) is 13.6 Å². The smallest absolute Gasteiger partial charge is 0.247 e. The number of primary sulfonamides is 1. The summed E-state index contributed by atoms with van der Waals surface area (Å²) in [6, 6.07) is 12.7. The van der Waals surface area contributed by atoms with Gasteiger partial charge in [0.15, 0.2) is 0 Å². The third kappa shape index (κ3) is 5.39. The first-order valence-corrected chi connectivity index (χ1v) is 11.2. The molecule has 0 aliphatic heterocycles. The number of nitrogens with two attached hydrogens (primary N) is 1. The van der Waals surface area contributed by atoms with Crippen molar-refractivity contribution in [2.75, 3.05) is 0 Å². The van der Waals surface area contributed by atoms with E-state index >= 15 is 0 Å². The van der Waals surface area contributed by atoms with Gasteiger partial charge in [-0.3, -0.25) is 4.98 Å². The van der Waals surface area contributed by atoms with Crippen molar-refractivity contribution in [3.8, 4) is 16.9 Å². The van der Waals surface area contributed by atoms with Crippen molar-refractivity contribution >= 4 is 21.4 Å². The van der Waals surface area contributed by atoms with Crippen LogP contribution in [0, 0.1) is 0 Å². The number of aliphatic hydroxyl groups is 1. The highest BCUT2D eigenvalue weighted by Gasteiger charge is 2.16. The quantitative estimate of drug-likeness (QED) is 0.585. The van der Waals surface area contributed by atoms with Crippen LogP contribution in [0.3, 0.4) is 0 Å². The predicted molar refractivity (Wildman–Crippen MR) is 110 cm³/mol. The summed E-state index contributed by atoms with van der Waals surface area (Å²) in [7, 11) is -3.69. The highest BCUT2D eigenvalue weighted by Crippen LogP contribution is 2.29. The Hall–Kier alpha value is -2.26. The van der Waals surface area contributed by atoms with E-state index in [9.17, 15) is 13.5 Å². The predicted octanol–water partition coefficient (Wildman–Crippen LogP) is 3.22. The lowest BCUT2D eigenvalue weighted by molar-refractivity contribution is 0.0420. The van der Waals surface area contributed by atoms with Crippen LogP contribution in [0.2, 0.25) is 0 Å². The van der Waals surface area contributed by atoms with Gasteiger partial charge in [0.05, 0.1) is 6.10 Å². The molecule has 0 aliphatic carbocycles. The van der Waals surface area contributed by atoms with E-state index < -0.39 is 16.1 Å². The highest BCUT2D eigenvalue weighted by molar-refractivity contribution is 7.91. The Morgan fingerprint density at radius 2 is 1.96 bits per heavy atom.